The maximum Gasteiger partial charge on any atom is 0.310 e. The molecule has 110 valence electrons. The van der Waals surface area contributed by atoms with Crippen molar-refractivity contribution in [2.45, 2.75) is 45.6 Å². The van der Waals surface area contributed by atoms with Gasteiger partial charge in [-0.15, -0.1) is 0 Å². The van der Waals surface area contributed by atoms with Gasteiger partial charge in [-0.2, -0.15) is 0 Å². The molecule has 1 aliphatic carbocycles. The molecular weight excluding hydrogens is 250 g/mol. The number of rotatable bonds is 5. The SMILES string of the molecule is CC(C)CC(CN)C(=O)OC1CCCc2ccccc21. The van der Waals surface area contributed by atoms with E-state index in [9.17, 15) is 4.79 Å². The van der Waals surface area contributed by atoms with Crippen LogP contribution in [-0.2, 0) is 16.0 Å². The van der Waals surface area contributed by atoms with Gasteiger partial charge in [0, 0.05) is 6.54 Å². The van der Waals surface area contributed by atoms with E-state index in [0.717, 1.165) is 25.7 Å². The van der Waals surface area contributed by atoms with Crippen molar-refractivity contribution in [3.8, 4) is 0 Å². The number of fused-ring (bicyclic) bond motifs is 1. The molecule has 2 N–H and O–H groups in total. The second-order valence-corrected chi connectivity index (χ2v) is 6.08. The molecule has 3 nitrogen and oxygen atoms in total. The lowest BCUT2D eigenvalue weighted by Gasteiger charge is -2.27. The highest BCUT2D eigenvalue weighted by atomic mass is 16.5. The molecule has 0 aliphatic heterocycles. The summed E-state index contributed by atoms with van der Waals surface area (Å²) in [6, 6.07) is 8.26. The zero-order chi connectivity index (χ0) is 14.5. The second-order valence-electron chi connectivity index (χ2n) is 6.08. The van der Waals surface area contributed by atoms with Gasteiger partial charge in [-0.25, -0.2) is 0 Å². The molecule has 2 atom stereocenters. The molecule has 0 bridgehead atoms. The van der Waals surface area contributed by atoms with Crippen LogP contribution in [0.4, 0.5) is 0 Å². The van der Waals surface area contributed by atoms with Crippen LogP contribution in [0.3, 0.4) is 0 Å². The number of carbonyl (C=O) groups excluding carboxylic acids is 1. The molecule has 0 heterocycles. The highest BCUT2D eigenvalue weighted by molar-refractivity contribution is 5.73. The zero-order valence-electron chi connectivity index (χ0n) is 12.5. The molecule has 1 aromatic carbocycles. The fourth-order valence-electron chi connectivity index (χ4n) is 2.93. The van der Waals surface area contributed by atoms with Gasteiger partial charge < -0.3 is 10.5 Å². The van der Waals surface area contributed by atoms with Gasteiger partial charge in [0.05, 0.1) is 5.92 Å². The molecule has 2 unspecified atom stereocenters. The minimum Gasteiger partial charge on any atom is -0.457 e. The summed E-state index contributed by atoms with van der Waals surface area (Å²) in [5.41, 5.74) is 8.20. The fourth-order valence-corrected chi connectivity index (χ4v) is 2.93. The largest absolute Gasteiger partial charge is 0.457 e. The first-order valence-electron chi connectivity index (χ1n) is 7.60. The number of benzene rings is 1. The van der Waals surface area contributed by atoms with E-state index in [1.165, 1.54) is 11.1 Å². The van der Waals surface area contributed by atoms with Crippen molar-refractivity contribution >= 4 is 5.97 Å². The Morgan fingerprint density at radius 1 is 1.40 bits per heavy atom. The smallest absolute Gasteiger partial charge is 0.310 e. The van der Waals surface area contributed by atoms with Crippen LogP contribution in [0.1, 0.15) is 50.3 Å². The highest BCUT2D eigenvalue weighted by Crippen LogP contribution is 2.33. The van der Waals surface area contributed by atoms with Crippen LogP contribution in [0.5, 0.6) is 0 Å². The zero-order valence-corrected chi connectivity index (χ0v) is 12.5. The Bertz CT molecular complexity index is 456. The monoisotopic (exact) mass is 275 g/mol. The van der Waals surface area contributed by atoms with Gasteiger partial charge in [0.15, 0.2) is 0 Å². The van der Waals surface area contributed by atoms with Gasteiger partial charge in [-0.3, -0.25) is 4.79 Å². The van der Waals surface area contributed by atoms with Crippen molar-refractivity contribution < 1.29 is 9.53 Å². The molecule has 2 rings (SSSR count). The maximum absolute atomic E-state index is 12.3. The molecule has 1 aliphatic rings. The lowest BCUT2D eigenvalue weighted by molar-refractivity contribution is -0.155. The molecule has 3 heteroatoms. The summed E-state index contributed by atoms with van der Waals surface area (Å²) in [7, 11) is 0. The Morgan fingerprint density at radius 2 is 2.15 bits per heavy atom. The van der Waals surface area contributed by atoms with Crippen molar-refractivity contribution in [3.05, 3.63) is 35.4 Å². The first kappa shape index (κ1) is 15.0. The summed E-state index contributed by atoms with van der Waals surface area (Å²) in [6.45, 7) is 4.57. The van der Waals surface area contributed by atoms with Gasteiger partial charge in [-0.05, 0) is 42.7 Å². The lowest BCUT2D eigenvalue weighted by Crippen LogP contribution is -2.29. The van der Waals surface area contributed by atoms with Gasteiger partial charge in [-0.1, -0.05) is 38.1 Å². The van der Waals surface area contributed by atoms with E-state index in [2.05, 4.69) is 26.0 Å². The average molecular weight is 275 g/mol. The van der Waals surface area contributed by atoms with E-state index >= 15 is 0 Å². The van der Waals surface area contributed by atoms with Crippen LogP contribution in [0, 0.1) is 11.8 Å². The fraction of sp³-hybridized carbons (Fsp3) is 0.588. The molecule has 0 spiro atoms. The van der Waals surface area contributed by atoms with Crippen molar-refractivity contribution in [1.29, 1.82) is 0 Å². The third-order valence-electron chi connectivity index (χ3n) is 3.95. The third-order valence-corrected chi connectivity index (χ3v) is 3.95. The number of ether oxygens (including phenoxy) is 1. The molecule has 1 aromatic rings. The minimum atomic E-state index is -0.177. The number of aryl methyl sites for hydroxylation is 1. The highest BCUT2D eigenvalue weighted by Gasteiger charge is 2.27. The van der Waals surface area contributed by atoms with Crippen molar-refractivity contribution in [2.24, 2.45) is 17.6 Å². The summed E-state index contributed by atoms with van der Waals surface area (Å²) < 4.78 is 5.75. The van der Waals surface area contributed by atoms with Crippen LogP contribution in [0.15, 0.2) is 24.3 Å². The van der Waals surface area contributed by atoms with E-state index in [4.69, 9.17) is 10.5 Å². The number of hydrogen-bond donors (Lipinski definition) is 1. The molecule has 20 heavy (non-hydrogen) atoms. The topological polar surface area (TPSA) is 52.3 Å². The molecular formula is C17H25NO2. The average Bonchev–Trinajstić information content (AvgIpc) is 2.45. The molecule has 0 amide bonds. The Kier molecular flexibility index (Phi) is 5.18. The van der Waals surface area contributed by atoms with Crippen molar-refractivity contribution in [1.82, 2.24) is 0 Å². The molecule has 0 aromatic heterocycles. The normalized spacial score (nSPS) is 19.5. The Labute approximate surface area is 121 Å². The standard InChI is InChI=1S/C17H25NO2/c1-12(2)10-14(11-18)17(19)20-16-9-5-7-13-6-3-4-8-15(13)16/h3-4,6,8,12,14,16H,5,7,9-11,18H2,1-2H3. The van der Waals surface area contributed by atoms with Crippen LogP contribution in [-0.4, -0.2) is 12.5 Å². The predicted molar refractivity (Wildman–Crippen MR) is 80.2 cm³/mol. The van der Waals surface area contributed by atoms with E-state index < -0.39 is 0 Å². The number of carbonyl (C=O) groups is 1. The van der Waals surface area contributed by atoms with Gasteiger partial charge in [0.2, 0.25) is 0 Å². The van der Waals surface area contributed by atoms with Crippen molar-refractivity contribution in [3.63, 3.8) is 0 Å². The van der Waals surface area contributed by atoms with Crippen LogP contribution < -0.4 is 5.73 Å². The summed E-state index contributed by atoms with van der Waals surface area (Å²) in [5, 5.41) is 0. The van der Waals surface area contributed by atoms with Crippen LogP contribution in [0.25, 0.3) is 0 Å². The van der Waals surface area contributed by atoms with Crippen LogP contribution >= 0.6 is 0 Å². The number of esters is 1. The minimum absolute atomic E-state index is 0.0892. The second kappa shape index (κ2) is 6.89. The van der Waals surface area contributed by atoms with Gasteiger partial charge in [0.1, 0.15) is 6.10 Å². The van der Waals surface area contributed by atoms with E-state index in [0.29, 0.717) is 12.5 Å². The van der Waals surface area contributed by atoms with E-state index in [1.54, 1.807) is 0 Å². The molecule has 0 fully saturated rings. The first-order chi connectivity index (χ1) is 9.61. The predicted octanol–water partition coefficient (Wildman–Crippen LogP) is 3.23. The summed E-state index contributed by atoms with van der Waals surface area (Å²) in [6.07, 6.45) is 3.78. The maximum atomic E-state index is 12.3. The Morgan fingerprint density at radius 3 is 2.85 bits per heavy atom. The third kappa shape index (κ3) is 3.60. The van der Waals surface area contributed by atoms with E-state index in [-0.39, 0.29) is 18.0 Å². The number of nitrogens with two attached hydrogens (primary N) is 1. The lowest BCUT2D eigenvalue weighted by atomic mass is 9.89. The molecule has 0 radical (unpaired) electrons. The first-order valence-corrected chi connectivity index (χ1v) is 7.60. The molecule has 0 saturated carbocycles. The van der Waals surface area contributed by atoms with Gasteiger partial charge in [0.25, 0.3) is 0 Å². The summed E-state index contributed by atoms with van der Waals surface area (Å²) >= 11 is 0. The Balaban J connectivity index is 2.05. The quantitative estimate of drug-likeness (QED) is 0.839. The Hall–Kier alpha value is -1.35. The molecule has 0 saturated heterocycles. The van der Waals surface area contributed by atoms with Crippen LogP contribution in [0.2, 0.25) is 0 Å². The number of hydrogen-bond acceptors (Lipinski definition) is 3. The summed E-state index contributed by atoms with van der Waals surface area (Å²) in [4.78, 5) is 12.3. The summed E-state index contributed by atoms with van der Waals surface area (Å²) in [5.74, 6) is 0.140. The van der Waals surface area contributed by atoms with Gasteiger partial charge >= 0.3 is 5.97 Å². The van der Waals surface area contributed by atoms with Crippen molar-refractivity contribution in [2.75, 3.05) is 6.54 Å². The van der Waals surface area contributed by atoms with E-state index in [1.807, 2.05) is 12.1 Å².